The molecule has 0 atom stereocenters. The summed E-state index contributed by atoms with van der Waals surface area (Å²) >= 11 is 3.34. The highest BCUT2D eigenvalue weighted by molar-refractivity contribution is 9.10. The second-order valence-corrected chi connectivity index (χ2v) is 11.4. The summed E-state index contributed by atoms with van der Waals surface area (Å²) in [5.41, 5.74) is 2.36. The first-order valence-corrected chi connectivity index (χ1v) is 14.0. The normalized spacial score (nSPS) is 14.5. The van der Waals surface area contributed by atoms with Gasteiger partial charge in [-0.05, 0) is 48.0 Å². The van der Waals surface area contributed by atoms with Crippen LogP contribution in [0.15, 0.2) is 99.5 Å². The Bertz CT molecular complexity index is 1520. The zero-order chi connectivity index (χ0) is 25.8. The number of nitrogens with one attached hydrogen (secondary N) is 1. The van der Waals surface area contributed by atoms with Crippen LogP contribution in [0.5, 0.6) is 0 Å². The summed E-state index contributed by atoms with van der Waals surface area (Å²) in [7, 11) is -3.61. The average Bonchev–Trinajstić information content (AvgIpc) is 2.93. The molecule has 5 rings (SSSR count). The minimum Gasteiger partial charge on any atom is -0.375 e. The van der Waals surface area contributed by atoms with Gasteiger partial charge in [0.05, 0.1) is 22.5 Å². The maximum atomic E-state index is 13.6. The van der Waals surface area contributed by atoms with E-state index < -0.39 is 10.0 Å². The lowest BCUT2D eigenvalue weighted by molar-refractivity contribution is 0.384. The molecule has 0 radical (unpaired) electrons. The lowest BCUT2D eigenvalue weighted by Crippen LogP contribution is -2.49. The number of anilines is 2. The van der Waals surface area contributed by atoms with Crippen LogP contribution in [0.3, 0.4) is 0 Å². The van der Waals surface area contributed by atoms with Crippen LogP contribution in [0.2, 0.25) is 0 Å². The zero-order valence-electron chi connectivity index (χ0n) is 19.9. The van der Waals surface area contributed by atoms with Gasteiger partial charge in [-0.3, -0.25) is 9.78 Å². The van der Waals surface area contributed by atoms with E-state index in [0.717, 1.165) is 10.0 Å². The number of rotatable bonds is 7. The summed E-state index contributed by atoms with van der Waals surface area (Å²) in [6.45, 7) is 1.85. The summed E-state index contributed by atoms with van der Waals surface area (Å²) in [6, 6.07) is 19.6. The minimum absolute atomic E-state index is 0.259. The predicted molar refractivity (Wildman–Crippen MR) is 147 cm³/mol. The van der Waals surface area contributed by atoms with Crippen molar-refractivity contribution in [2.24, 2.45) is 0 Å². The van der Waals surface area contributed by atoms with E-state index in [1.54, 1.807) is 42.9 Å². The van der Waals surface area contributed by atoms with Crippen molar-refractivity contribution in [3.05, 3.63) is 106 Å². The fourth-order valence-electron chi connectivity index (χ4n) is 4.22. The molecule has 0 unspecified atom stereocenters. The number of piperazine rings is 1. The van der Waals surface area contributed by atoms with Gasteiger partial charge in [-0.2, -0.15) is 14.1 Å². The number of halogens is 1. The van der Waals surface area contributed by atoms with Crippen molar-refractivity contribution in [3.8, 4) is 5.69 Å². The van der Waals surface area contributed by atoms with Crippen molar-refractivity contribution in [3.63, 3.8) is 0 Å². The molecular formula is C26H25BrN6O3S. The predicted octanol–water partition coefficient (Wildman–Crippen LogP) is 3.51. The van der Waals surface area contributed by atoms with E-state index in [-0.39, 0.29) is 10.5 Å². The molecule has 1 aliphatic heterocycles. The molecule has 4 aromatic rings. The topological polar surface area (TPSA) is 100 Å². The summed E-state index contributed by atoms with van der Waals surface area (Å²) in [5.74, 6) is 0. The number of hydrogen-bond acceptors (Lipinski definition) is 7. The Kier molecular flexibility index (Phi) is 7.36. The van der Waals surface area contributed by atoms with Gasteiger partial charge in [0.25, 0.3) is 5.56 Å². The van der Waals surface area contributed by atoms with Gasteiger partial charge in [0.1, 0.15) is 5.69 Å². The largest absolute Gasteiger partial charge is 0.375 e. The molecule has 1 N–H and O–H groups in total. The molecule has 0 spiro atoms. The number of nitrogens with zero attached hydrogens (tertiary/aromatic N) is 5. The molecule has 2 aromatic heterocycles. The molecule has 0 saturated carbocycles. The SMILES string of the molecule is O=c1c(NCc2cccnc2)c(N2CCN(S(=O)(=O)c3ccc(Br)cc3)CC2)cnn1-c1ccccc1. The molecule has 9 nitrogen and oxygen atoms in total. The fraction of sp³-hybridized carbons (Fsp3) is 0.192. The van der Waals surface area contributed by atoms with Crippen molar-refractivity contribution >= 4 is 37.3 Å². The molecule has 0 aliphatic carbocycles. The molecule has 0 bridgehead atoms. The van der Waals surface area contributed by atoms with Crippen molar-refractivity contribution in [1.29, 1.82) is 0 Å². The summed E-state index contributed by atoms with van der Waals surface area (Å²) in [5, 5.41) is 7.72. The van der Waals surface area contributed by atoms with E-state index in [1.165, 1.54) is 8.99 Å². The number of pyridine rings is 1. The van der Waals surface area contributed by atoms with E-state index in [0.29, 0.717) is 49.8 Å². The second-order valence-electron chi connectivity index (χ2n) is 8.52. The first kappa shape index (κ1) is 25.1. The van der Waals surface area contributed by atoms with Gasteiger partial charge in [0.15, 0.2) is 0 Å². The average molecular weight is 581 g/mol. The van der Waals surface area contributed by atoms with E-state index in [4.69, 9.17) is 0 Å². The first-order valence-electron chi connectivity index (χ1n) is 11.7. The van der Waals surface area contributed by atoms with Crippen LogP contribution in [0.25, 0.3) is 5.69 Å². The third-order valence-electron chi connectivity index (χ3n) is 6.18. The van der Waals surface area contributed by atoms with Crippen LogP contribution in [0.4, 0.5) is 11.4 Å². The number of aromatic nitrogens is 3. The third-order valence-corrected chi connectivity index (χ3v) is 8.62. The zero-order valence-corrected chi connectivity index (χ0v) is 22.3. The van der Waals surface area contributed by atoms with Gasteiger partial charge in [-0.25, -0.2) is 8.42 Å². The molecule has 1 fully saturated rings. The van der Waals surface area contributed by atoms with Crippen molar-refractivity contribution in [2.45, 2.75) is 11.4 Å². The number of hydrogen-bond donors (Lipinski definition) is 1. The van der Waals surface area contributed by atoms with Crippen molar-refractivity contribution < 1.29 is 8.42 Å². The lowest BCUT2D eigenvalue weighted by atomic mass is 10.2. The third kappa shape index (κ3) is 5.43. The Hall–Kier alpha value is -3.54. The van der Waals surface area contributed by atoms with Crippen molar-refractivity contribution in [2.75, 3.05) is 36.4 Å². The van der Waals surface area contributed by atoms with Crippen LogP contribution in [-0.2, 0) is 16.6 Å². The highest BCUT2D eigenvalue weighted by atomic mass is 79.9. The molecule has 0 amide bonds. The lowest BCUT2D eigenvalue weighted by Gasteiger charge is -2.36. The Morgan fingerprint density at radius 1 is 0.892 bits per heavy atom. The standard InChI is InChI=1S/C26H25BrN6O3S/c27-21-8-10-23(11-9-21)37(35,36)32-15-13-31(14-16-32)24-19-30-33(22-6-2-1-3-7-22)26(34)25(24)29-18-20-5-4-12-28-17-20/h1-12,17,19,29H,13-16,18H2. The van der Waals surface area contributed by atoms with Crippen LogP contribution >= 0.6 is 15.9 Å². The summed E-state index contributed by atoms with van der Waals surface area (Å²) in [6.07, 6.45) is 5.11. The highest BCUT2D eigenvalue weighted by Crippen LogP contribution is 2.26. The highest BCUT2D eigenvalue weighted by Gasteiger charge is 2.30. The van der Waals surface area contributed by atoms with Gasteiger partial charge in [-0.15, -0.1) is 0 Å². The fourth-order valence-corrected chi connectivity index (χ4v) is 5.91. The molecule has 11 heteroatoms. The minimum atomic E-state index is -3.61. The van der Waals surface area contributed by atoms with E-state index in [2.05, 4.69) is 31.3 Å². The number of para-hydroxylation sites is 1. The Morgan fingerprint density at radius 3 is 2.30 bits per heavy atom. The molecular weight excluding hydrogens is 556 g/mol. The van der Waals surface area contributed by atoms with Crippen molar-refractivity contribution in [1.82, 2.24) is 19.1 Å². The Labute approximate surface area is 223 Å². The van der Waals surface area contributed by atoms with Gasteiger partial charge in [0, 0.05) is 49.6 Å². The van der Waals surface area contributed by atoms with Gasteiger partial charge >= 0.3 is 0 Å². The quantitative estimate of drug-likeness (QED) is 0.357. The van der Waals surface area contributed by atoms with E-state index >= 15 is 0 Å². The van der Waals surface area contributed by atoms with E-state index in [9.17, 15) is 13.2 Å². The second kappa shape index (κ2) is 10.8. The Morgan fingerprint density at radius 2 is 1.62 bits per heavy atom. The number of sulfonamides is 1. The summed E-state index contributed by atoms with van der Waals surface area (Å²) < 4.78 is 29.9. The molecule has 1 saturated heterocycles. The smallest absolute Gasteiger partial charge is 0.296 e. The van der Waals surface area contributed by atoms with E-state index in [1.807, 2.05) is 47.4 Å². The maximum absolute atomic E-state index is 13.6. The monoisotopic (exact) mass is 580 g/mol. The molecule has 37 heavy (non-hydrogen) atoms. The molecule has 2 aromatic carbocycles. The molecule has 190 valence electrons. The van der Waals surface area contributed by atoms with Crippen LogP contribution in [0, 0.1) is 0 Å². The van der Waals surface area contributed by atoms with Crippen LogP contribution in [0.1, 0.15) is 5.56 Å². The van der Waals surface area contributed by atoms with Crippen LogP contribution in [-0.4, -0.2) is 53.7 Å². The molecule has 1 aliphatic rings. The van der Waals surface area contributed by atoms with Gasteiger partial charge < -0.3 is 10.2 Å². The van der Waals surface area contributed by atoms with Crippen LogP contribution < -0.4 is 15.8 Å². The Balaban J connectivity index is 1.41. The number of benzene rings is 2. The van der Waals surface area contributed by atoms with Gasteiger partial charge in [0.2, 0.25) is 10.0 Å². The first-order chi connectivity index (χ1) is 17.9. The summed E-state index contributed by atoms with van der Waals surface area (Å²) in [4.78, 5) is 20.0. The van der Waals surface area contributed by atoms with Gasteiger partial charge in [-0.1, -0.05) is 40.2 Å². The molecule has 3 heterocycles. The maximum Gasteiger partial charge on any atom is 0.296 e.